The van der Waals surface area contributed by atoms with Crippen molar-refractivity contribution in [1.29, 1.82) is 0 Å². The van der Waals surface area contributed by atoms with Crippen LogP contribution in [-0.2, 0) is 0 Å². The molecule has 86 valence electrons. The van der Waals surface area contributed by atoms with Crippen molar-refractivity contribution in [2.24, 2.45) is 0 Å². The molecular weight excluding hydrogens is 228 g/mol. The van der Waals surface area contributed by atoms with E-state index in [9.17, 15) is 4.79 Å². The van der Waals surface area contributed by atoms with Crippen LogP contribution in [0.4, 0.5) is 0 Å². The summed E-state index contributed by atoms with van der Waals surface area (Å²) in [6.07, 6.45) is 0.741. The van der Waals surface area contributed by atoms with E-state index in [2.05, 4.69) is 6.58 Å². The molecule has 1 aromatic rings. The number of hydrogen-bond acceptors (Lipinski definition) is 2. The Morgan fingerprint density at radius 1 is 1.56 bits per heavy atom. The third-order valence-corrected chi connectivity index (χ3v) is 2.30. The Balaban J connectivity index is 2.71. The fourth-order valence-corrected chi connectivity index (χ4v) is 1.30. The zero-order valence-electron chi connectivity index (χ0n) is 9.00. The number of halogens is 1. The molecule has 0 atom stereocenters. The molecule has 0 heterocycles. The number of hydrogen-bond donors (Lipinski definition) is 1. The number of aromatic carboxylic acids is 1. The summed E-state index contributed by atoms with van der Waals surface area (Å²) in [5.41, 5.74) is 1.07. The van der Waals surface area contributed by atoms with Crippen molar-refractivity contribution in [1.82, 2.24) is 0 Å². The molecule has 0 saturated carbocycles. The van der Waals surface area contributed by atoms with Gasteiger partial charge in [0.05, 0.1) is 17.2 Å². The van der Waals surface area contributed by atoms with Gasteiger partial charge in [0.2, 0.25) is 0 Å². The predicted octanol–water partition coefficient (Wildman–Crippen LogP) is 3.38. The van der Waals surface area contributed by atoms with Crippen LogP contribution in [0.15, 0.2) is 30.4 Å². The van der Waals surface area contributed by atoms with Gasteiger partial charge in [-0.2, -0.15) is 0 Å². The van der Waals surface area contributed by atoms with Crippen LogP contribution in [0.3, 0.4) is 0 Å². The van der Waals surface area contributed by atoms with Crippen molar-refractivity contribution >= 4 is 17.6 Å². The molecule has 0 amide bonds. The van der Waals surface area contributed by atoms with Crippen LogP contribution in [0.25, 0.3) is 0 Å². The fraction of sp³-hybridized carbons (Fsp3) is 0.250. The summed E-state index contributed by atoms with van der Waals surface area (Å²) >= 11 is 5.73. The van der Waals surface area contributed by atoms with Crippen LogP contribution in [0.1, 0.15) is 23.7 Å². The number of carbonyl (C=O) groups is 1. The van der Waals surface area contributed by atoms with E-state index in [0.717, 1.165) is 12.0 Å². The standard InChI is InChI=1S/C12H13ClO3/c1-8(2)5-6-16-9-3-4-11(13)10(7-9)12(14)15/h3-4,7H,1,5-6H2,2H3,(H,14,15). The quantitative estimate of drug-likeness (QED) is 0.803. The highest BCUT2D eigenvalue weighted by Gasteiger charge is 2.09. The van der Waals surface area contributed by atoms with Gasteiger partial charge in [0.15, 0.2) is 0 Å². The van der Waals surface area contributed by atoms with E-state index >= 15 is 0 Å². The summed E-state index contributed by atoms with van der Waals surface area (Å²) in [4.78, 5) is 10.8. The SMILES string of the molecule is C=C(C)CCOc1ccc(Cl)c(C(=O)O)c1. The molecule has 0 aromatic heterocycles. The summed E-state index contributed by atoms with van der Waals surface area (Å²) in [7, 11) is 0. The van der Waals surface area contributed by atoms with Crippen LogP contribution in [-0.4, -0.2) is 17.7 Å². The number of rotatable bonds is 5. The third kappa shape index (κ3) is 3.59. The van der Waals surface area contributed by atoms with Crippen LogP contribution in [0.5, 0.6) is 5.75 Å². The van der Waals surface area contributed by atoms with Gasteiger partial charge in [-0.3, -0.25) is 0 Å². The minimum atomic E-state index is -1.06. The second-order valence-electron chi connectivity index (χ2n) is 3.50. The predicted molar refractivity (Wildman–Crippen MR) is 63.3 cm³/mol. The first-order valence-corrected chi connectivity index (χ1v) is 5.18. The topological polar surface area (TPSA) is 46.5 Å². The average Bonchev–Trinajstić information content (AvgIpc) is 2.19. The Morgan fingerprint density at radius 2 is 2.25 bits per heavy atom. The lowest BCUT2D eigenvalue weighted by atomic mass is 10.2. The van der Waals surface area contributed by atoms with Gasteiger partial charge in [-0.15, -0.1) is 6.58 Å². The second kappa shape index (κ2) is 5.56. The Bertz CT molecular complexity index is 413. The summed E-state index contributed by atoms with van der Waals surface area (Å²) in [5.74, 6) is -0.557. The highest BCUT2D eigenvalue weighted by molar-refractivity contribution is 6.33. The molecule has 16 heavy (non-hydrogen) atoms. The molecule has 0 fully saturated rings. The maximum absolute atomic E-state index is 10.8. The minimum Gasteiger partial charge on any atom is -0.493 e. The maximum atomic E-state index is 10.8. The van der Waals surface area contributed by atoms with E-state index in [4.69, 9.17) is 21.4 Å². The van der Waals surface area contributed by atoms with Gasteiger partial charge in [0.1, 0.15) is 5.75 Å². The van der Waals surface area contributed by atoms with Crippen molar-refractivity contribution in [3.8, 4) is 5.75 Å². The largest absolute Gasteiger partial charge is 0.493 e. The molecule has 0 saturated heterocycles. The molecule has 1 aromatic carbocycles. The van der Waals surface area contributed by atoms with E-state index in [0.29, 0.717) is 12.4 Å². The lowest BCUT2D eigenvalue weighted by molar-refractivity contribution is 0.0696. The van der Waals surface area contributed by atoms with Crippen molar-refractivity contribution in [2.45, 2.75) is 13.3 Å². The summed E-state index contributed by atoms with van der Waals surface area (Å²) in [6.45, 7) is 6.14. The number of carboxylic acids is 1. The third-order valence-electron chi connectivity index (χ3n) is 1.97. The molecule has 1 N–H and O–H groups in total. The molecule has 4 heteroatoms. The lowest BCUT2D eigenvalue weighted by Gasteiger charge is -2.07. The van der Waals surface area contributed by atoms with Gasteiger partial charge in [0.25, 0.3) is 0 Å². The zero-order valence-corrected chi connectivity index (χ0v) is 9.75. The van der Waals surface area contributed by atoms with Crippen LogP contribution in [0, 0.1) is 0 Å². The first kappa shape index (κ1) is 12.6. The molecule has 0 spiro atoms. The minimum absolute atomic E-state index is 0.0505. The number of ether oxygens (including phenoxy) is 1. The monoisotopic (exact) mass is 240 g/mol. The van der Waals surface area contributed by atoms with Gasteiger partial charge in [-0.05, 0) is 25.1 Å². The molecule has 0 radical (unpaired) electrons. The van der Waals surface area contributed by atoms with Gasteiger partial charge in [-0.1, -0.05) is 17.2 Å². The lowest BCUT2D eigenvalue weighted by Crippen LogP contribution is -2.01. The first-order chi connectivity index (χ1) is 7.50. The van der Waals surface area contributed by atoms with Crippen LogP contribution < -0.4 is 4.74 Å². The highest BCUT2D eigenvalue weighted by Crippen LogP contribution is 2.22. The second-order valence-corrected chi connectivity index (χ2v) is 3.91. The Morgan fingerprint density at radius 3 is 2.81 bits per heavy atom. The van der Waals surface area contributed by atoms with E-state index < -0.39 is 5.97 Å². The van der Waals surface area contributed by atoms with E-state index in [1.807, 2.05) is 6.92 Å². The Kier molecular flexibility index (Phi) is 4.38. The number of carboxylic acid groups (broad SMARTS) is 1. The summed E-state index contributed by atoms with van der Waals surface area (Å²) in [6, 6.07) is 4.58. The van der Waals surface area contributed by atoms with Gasteiger partial charge in [-0.25, -0.2) is 4.79 Å². The molecule has 0 unspecified atom stereocenters. The van der Waals surface area contributed by atoms with Gasteiger partial charge in [0, 0.05) is 6.42 Å². The molecule has 3 nitrogen and oxygen atoms in total. The summed E-state index contributed by atoms with van der Waals surface area (Å²) < 4.78 is 5.38. The highest BCUT2D eigenvalue weighted by atomic mass is 35.5. The van der Waals surface area contributed by atoms with E-state index in [1.54, 1.807) is 6.07 Å². The van der Waals surface area contributed by atoms with E-state index in [-0.39, 0.29) is 10.6 Å². The van der Waals surface area contributed by atoms with Crippen LogP contribution >= 0.6 is 11.6 Å². The van der Waals surface area contributed by atoms with E-state index in [1.165, 1.54) is 12.1 Å². The average molecular weight is 241 g/mol. The first-order valence-electron chi connectivity index (χ1n) is 4.80. The Hall–Kier alpha value is -1.48. The molecule has 0 aliphatic heterocycles. The maximum Gasteiger partial charge on any atom is 0.337 e. The number of benzene rings is 1. The van der Waals surface area contributed by atoms with Crippen molar-refractivity contribution in [3.05, 3.63) is 40.9 Å². The zero-order chi connectivity index (χ0) is 12.1. The van der Waals surface area contributed by atoms with Crippen molar-refractivity contribution in [2.75, 3.05) is 6.61 Å². The van der Waals surface area contributed by atoms with Crippen molar-refractivity contribution in [3.63, 3.8) is 0 Å². The van der Waals surface area contributed by atoms with Gasteiger partial charge < -0.3 is 9.84 Å². The molecular formula is C12H13ClO3. The Labute approximate surface area is 99.3 Å². The normalized spacial score (nSPS) is 9.88. The molecule has 0 aliphatic rings. The molecule has 0 bridgehead atoms. The fourth-order valence-electron chi connectivity index (χ4n) is 1.10. The van der Waals surface area contributed by atoms with Crippen LogP contribution in [0.2, 0.25) is 5.02 Å². The molecule has 1 rings (SSSR count). The smallest absolute Gasteiger partial charge is 0.337 e. The molecule has 0 aliphatic carbocycles. The summed E-state index contributed by atoms with van der Waals surface area (Å²) in [5, 5.41) is 9.06. The van der Waals surface area contributed by atoms with Gasteiger partial charge >= 0.3 is 5.97 Å². The van der Waals surface area contributed by atoms with Crippen molar-refractivity contribution < 1.29 is 14.6 Å².